The van der Waals surface area contributed by atoms with Gasteiger partial charge in [-0.2, -0.15) is 0 Å². The molecular formula is C24H30N4O5. The zero-order chi connectivity index (χ0) is 25.1. The molecule has 0 aliphatic rings. The van der Waals surface area contributed by atoms with E-state index in [0.29, 0.717) is 13.1 Å². The SMILES string of the molecule is C#CCNCCC(=O)N(CC#C)CCC(=O)N(CC#C)CCC(=O)N(CC#C)CCC(=O)O. The van der Waals surface area contributed by atoms with Crippen LogP contribution in [0.15, 0.2) is 0 Å². The average Bonchev–Trinajstić information content (AvgIpc) is 2.78. The normalized spacial score (nSPS) is 9.45. The molecule has 33 heavy (non-hydrogen) atoms. The minimum Gasteiger partial charge on any atom is -0.481 e. The van der Waals surface area contributed by atoms with Crippen molar-refractivity contribution in [2.45, 2.75) is 25.7 Å². The van der Waals surface area contributed by atoms with Crippen LogP contribution in [0.4, 0.5) is 0 Å². The van der Waals surface area contributed by atoms with Gasteiger partial charge in [0.05, 0.1) is 32.6 Å². The molecule has 0 atom stereocenters. The number of nitrogens with zero attached hydrogens (tertiary/aromatic N) is 3. The summed E-state index contributed by atoms with van der Waals surface area (Å²) >= 11 is 0. The first-order chi connectivity index (χ1) is 15.8. The predicted molar refractivity (Wildman–Crippen MR) is 124 cm³/mol. The molecule has 0 bridgehead atoms. The van der Waals surface area contributed by atoms with Crippen molar-refractivity contribution in [1.82, 2.24) is 20.0 Å². The monoisotopic (exact) mass is 454 g/mol. The van der Waals surface area contributed by atoms with Crippen molar-refractivity contribution >= 4 is 23.7 Å². The maximum absolute atomic E-state index is 12.7. The summed E-state index contributed by atoms with van der Waals surface area (Å²) in [5.74, 6) is 7.52. The average molecular weight is 455 g/mol. The summed E-state index contributed by atoms with van der Waals surface area (Å²) in [5.41, 5.74) is 0. The van der Waals surface area contributed by atoms with Gasteiger partial charge in [0.25, 0.3) is 0 Å². The molecule has 3 amide bonds. The van der Waals surface area contributed by atoms with Crippen molar-refractivity contribution in [3.8, 4) is 49.4 Å². The first-order valence-electron chi connectivity index (χ1n) is 10.3. The number of carboxylic acids is 1. The largest absolute Gasteiger partial charge is 0.481 e. The minimum absolute atomic E-state index is 0.0184. The van der Waals surface area contributed by atoms with Crippen LogP contribution < -0.4 is 5.32 Å². The summed E-state index contributed by atoms with van der Waals surface area (Å²) in [6, 6.07) is 0. The fourth-order valence-electron chi connectivity index (χ4n) is 2.73. The molecule has 0 rings (SSSR count). The number of carbonyl (C=O) groups excluding carboxylic acids is 3. The molecule has 9 nitrogen and oxygen atoms in total. The van der Waals surface area contributed by atoms with Crippen LogP contribution >= 0.6 is 0 Å². The maximum Gasteiger partial charge on any atom is 0.305 e. The van der Waals surface area contributed by atoms with Gasteiger partial charge in [0, 0.05) is 45.4 Å². The van der Waals surface area contributed by atoms with Crippen molar-refractivity contribution < 1.29 is 24.3 Å². The molecule has 0 radical (unpaired) electrons. The molecule has 0 fully saturated rings. The van der Waals surface area contributed by atoms with Gasteiger partial charge in [-0.15, -0.1) is 25.7 Å². The van der Waals surface area contributed by atoms with Crippen molar-refractivity contribution in [2.75, 3.05) is 52.4 Å². The summed E-state index contributed by atoms with van der Waals surface area (Å²) in [4.78, 5) is 52.2. The van der Waals surface area contributed by atoms with E-state index in [-0.39, 0.29) is 82.7 Å². The van der Waals surface area contributed by atoms with E-state index in [0.717, 1.165) is 0 Å². The molecule has 2 N–H and O–H groups in total. The molecule has 0 unspecified atom stereocenters. The summed E-state index contributed by atoms with van der Waals surface area (Å²) in [6.07, 6.45) is 20.9. The molecule has 0 aliphatic heterocycles. The number of hydrogen-bond donors (Lipinski definition) is 2. The van der Waals surface area contributed by atoms with Crippen LogP contribution in [0.5, 0.6) is 0 Å². The fraction of sp³-hybridized carbons (Fsp3) is 0.500. The first-order valence-corrected chi connectivity index (χ1v) is 10.3. The Balaban J connectivity index is 4.87. The molecule has 0 aromatic carbocycles. The lowest BCUT2D eigenvalue weighted by Crippen LogP contribution is -2.40. The molecule has 9 heteroatoms. The van der Waals surface area contributed by atoms with Crippen LogP contribution in [0.1, 0.15) is 25.7 Å². The van der Waals surface area contributed by atoms with E-state index in [2.05, 4.69) is 29.0 Å². The van der Waals surface area contributed by atoms with Crippen LogP contribution in [-0.2, 0) is 19.2 Å². The van der Waals surface area contributed by atoms with Gasteiger partial charge in [0.15, 0.2) is 0 Å². The number of carbonyl (C=O) groups is 4. The molecular weight excluding hydrogens is 424 g/mol. The van der Waals surface area contributed by atoms with Crippen LogP contribution in [0.25, 0.3) is 0 Å². The number of terminal acetylenes is 4. The van der Waals surface area contributed by atoms with Crippen molar-refractivity contribution in [3.05, 3.63) is 0 Å². The van der Waals surface area contributed by atoms with Gasteiger partial charge >= 0.3 is 5.97 Å². The molecule has 176 valence electrons. The van der Waals surface area contributed by atoms with Crippen molar-refractivity contribution in [1.29, 1.82) is 0 Å². The molecule has 0 saturated heterocycles. The molecule has 0 aliphatic carbocycles. The van der Waals surface area contributed by atoms with E-state index >= 15 is 0 Å². The van der Waals surface area contributed by atoms with E-state index in [4.69, 9.17) is 30.8 Å². The van der Waals surface area contributed by atoms with E-state index in [1.165, 1.54) is 14.7 Å². The van der Waals surface area contributed by atoms with Gasteiger partial charge in [-0.25, -0.2) is 0 Å². The van der Waals surface area contributed by atoms with E-state index < -0.39 is 5.97 Å². The minimum atomic E-state index is -1.05. The third-order valence-electron chi connectivity index (χ3n) is 4.43. The highest BCUT2D eigenvalue weighted by molar-refractivity contribution is 5.81. The lowest BCUT2D eigenvalue weighted by atomic mass is 10.2. The molecule has 0 saturated carbocycles. The van der Waals surface area contributed by atoms with E-state index in [1.807, 2.05) is 0 Å². The zero-order valence-electron chi connectivity index (χ0n) is 18.7. The fourth-order valence-corrected chi connectivity index (χ4v) is 2.73. The third kappa shape index (κ3) is 13.2. The quantitative estimate of drug-likeness (QED) is 0.234. The number of amides is 3. The van der Waals surface area contributed by atoms with Crippen molar-refractivity contribution in [3.63, 3.8) is 0 Å². The van der Waals surface area contributed by atoms with Gasteiger partial charge in [0.1, 0.15) is 0 Å². The Hall–Kier alpha value is -3.92. The lowest BCUT2D eigenvalue weighted by molar-refractivity contribution is -0.138. The van der Waals surface area contributed by atoms with Gasteiger partial charge < -0.3 is 25.1 Å². The summed E-state index contributed by atoms with van der Waals surface area (Å²) in [5, 5.41) is 11.7. The Morgan fingerprint density at radius 1 is 0.636 bits per heavy atom. The molecule has 0 heterocycles. The van der Waals surface area contributed by atoms with Gasteiger partial charge in [-0.05, 0) is 0 Å². The zero-order valence-corrected chi connectivity index (χ0v) is 18.7. The second kappa shape index (κ2) is 17.7. The molecule has 0 spiro atoms. The lowest BCUT2D eigenvalue weighted by Gasteiger charge is -2.25. The van der Waals surface area contributed by atoms with Crippen molar-refractivity contribution in [2.24, 2.45) is 0 Å². The smallest absolute Gasteiger partial charge is 0.305 e. The Bertz CT molecular complexity index is 841. The van der Waals surface area contributed by atoms with Gasteiger partial charge in [-0.3, -0.25) is 19.2 Å². The number of aliphatic carboxylic acids is 1. The Kier molecular flexibility index (Phi) is 15.6. The van der Waals surface area contributed by atoms with Gasteiger partial charge in [-0.1, -0.05) is 23.7 Å². The summed E-state index contributed by atoms with van der Waals surface area (Å²) in [7, 11) is 0. The Morgan fingerprint density at radius 3 is 1.39 bits per heavy atom. The summed E-state index contributed by atoms with van der Waals surface area (Å²) < 4.78 is 0. The summed E-state index contributed by atoms with van der Waals surface area (Å²) in [6.45, 7) is 0.850. The highest BCUT2D eigenvalue weighted by Crippen LogP contribution is 2.04. The highest BCUT2D eigenvalue weighted by Gasteiger charge is 2.20. The maximum atomic E-state index is 12.7. The first kappa shape index (κ1) is 29.1. The topological polar surface area (TPSA) is 110 Å². The number of rotatable bonds is 16. The Labute approximate surface area is 195 Å². The van der Waals surface area contributed by atoms with Crippen LogP contribution in [-0.4, -0.2) is 95.9 Å². The second-order valence-electron chi connectivity index (χ2n) is 6.83. The van der Waals surface area contributed by atoms with Gasteiger partial charge in [0.2, 0.25) is 17.7 Å². The standard InChI is InChI=1S/C24H30N4O5/c1-5-13-25-14-9-21(29)26(15-6-2)18-10-22(30)27(16-7-3)19-11-23(31)28(17-8-4)20-12-24(32)33/h1-4,25H,9-20H2,(H,32,33). The van der Waals surface area contributed by atoms with E-state index in [1.54, 1.807) is 0 Å². The number of carboxylic acid groups (broad SMARTS) is 1. The molecule has 0 aromatic heterocycles. The number of nitrogens with one attached hydrogen (secondary N) is 1. The van der Waals surface area contributed by atoms with Crippen LogP contribution in [0.3, 0.4) is 0 Å². The number of hydrogen-bond acceptors (Lipinski definition) is 5. The van der Waals surface area contributed by atoms with E-state index in [9.17, 15) is 19.2 Å². The van der Waals surface area contributed by atoms with Crippen LogP contribution in [0, 0.1) is 49.4 Å². The molecule has 0 aromatic rings. The second-order valence-corrected chi connectivity index (χ2v) is 6.83. The third-order valence-corrected chi connectivity index (χ3v) is 4.43. The van der Waals surface area contributed by atoms with Crippen LogP contribution in [0.2, 0.25) is 0 Å². The highest BCUT2D eigenvalue weighted by atomic mass is 16.4. The predicted octanol–water partition coefficient (Wildman–Crippen LogP) is -0.760. The Morgan fingerprint density at radius 2 is 1.03 bits per heavy atom.